The second-order valence-electron chi connectivity index (χ2n) is 8.90. The summed E-state index contributed by atoms with van der Waals surface area (Å²) in [6, 6.07) is 17.3. The van der Waals surface area contributed by atoms with Crippen LogP contribution >= 0.6 is 0 Å². The van der Waals surface area contributed by atoms with Crippen LogP contribution in [0.2, 0.25) is 0 Å². The molecule has 5 rings (SSSR count). The fourth-order valence-corrected chi connectivity index (χ4v) is 5.67. The van der Waals surface area contributed by atoms with Gasteiger partial charge in [-0.05, 0) is 85.2 Å². The number of nitrogens with zero attached hydrogens (tertiary/aromatic N) is 1. The van der Waals surface area contributed by atoms with Crippen LogP contribution in [-0.4, -0.2) is 37.0 Å². The van der Waals surface area contributed by atoms with Gasteiger partial charge in [-0.3, -0.25) is 4.79 Å². The van der Waals surface area contributed by atoms with Crippen molar-refractivity contribution in [3.05, 3.63) is 70.8 Å². The van der Waals surface area contributed by atoms with Gasteiger partial charge in [-0.1, -0.05) is 36.4 Å². The van der Waals surface area contributed by atoms with Gasteiger partial charge >= 0.3 is 0 Å². The fraction of sp³-hybridized carbons (Fsp3) is 0.480. The highest BCUT2D eigenvalue weighted by molar-refractivity contribution is 5.94. The van der Waals surface area contributed by atoms with Crippen LogP contribution in [0.5, 0.6) is 0 Å². The molecular formula is C25H30N2O. The predicted molar refractivity (Wildman–Crippen MR) is 113 cm³/mol. The minimum absolute atomic E-state index is 0.215. The summed E-state index contributed by atoms with van der Waals surface area (Å²) in [7, 11) is 0. The second kappa shape index (κ2) is 7.36. The SMILES string of the molecule is O=C(c1cccc([C@H]2CCCNC2)c1)N1CCC2(CCc3ccccc32)CC1. The number of aryl methyl sites for hydroxylation is 1. The molecule has 2 aliphatic heterocycles. The van der Waals surface area contributed by atoms with Gasteiger partial charge < -0.3 is 10.2 Å². The van der Waals surface area contributed by atoms with E-state index in [1.165, 1.54) is 36.8 Å². The number of nitrogens with one attached hydrogen (secondary N) is 1. The molecule has 0 saturated carbocycles. The van der Waals surface area contributed by atoms with Gasteiger partial charge in [0.1, 0.15) is 0 Å². The summed E-state index contributed by atoms with van der Waals surface area (Å²) in [6.07, 6.45) is 7.08. The third-order valence-corrected chi connectivity index (χ3v) is 7.37. The van der Waals surface area contributed by atoms with Gasteiger partial charge in [0.25, 0.3) is 5.91 Å². The molecule has 0 aromatic heterocycles. The molecule has 146 valence electrons. The third-order valence-electron chi connectivity index (χ3n) is 7.37. The van der Waals surface area contributed by atoms with Crippen LogP contribution in [0, 0.1) is 0 Å². The number of likely N-dealkylation sites (tertiary alicyclic amines) is 1. The molecule has 28 heavy (non-hydrogen) atoms. The molecule has 1 spiro atoms. The number of benzene rings is 2. The standard InChI is InChI=1S/C25H30N2O/c28-24(21-7-3-6-20(17-21)22-8-4-14-26-18-22)27-15-12-25(13-16-27)11-10-19-5-1-2-9-23(19)25/h1-3,5-7,9,17,22,26H,4,8,10-16,18H2/t22-/m0/s1. The van der Waals surface area contributed by atoms with E-state index in [0.29, 0.717) is 11.3 Å². The van der Waals surface area contributed by atoms with E-state index in [4.69, 9.17) is 0 Å². The number of hydrogen-bond acceptors (Lipinski definition) is 2. The third kappa shape index (κ3) is 3.16. The van der Waals surface area contributed by atoms with E-state index in [2.05, 4.69) is 52.7 Å². The van der Waals surface area contributed by atoms with Gasteiger partial charge in [0, 0.05) is 25.2 Å². The van der Waals surface area contributed by atoms with Gasteiger partial charge in [-0.2, -0.15) is 0 Å². The molecule has 0 bridgehead atoms. The highest BCUT2D eigenvalue weighted by atomic mass is 16.2. The largest absolute Gasteiger partial charge is 0.339 e. The molecule has 3 aliphatic rings. The molecule has 0 radical (unpaired) electrons. The first-order chi connectivity index (χ1) is 13.8. The summed E-state index contributed by atoms with van der Waals surface area (Å²) in [5, 5.41) is 3.49. The van der Waals surface area contributed by atoms with Crippen LogP contribution in [0.25, 0.3) is 0 Å². The molecule has 1 amide bonds. The fourth-order valence-electron chi connectivity index (χ4n) is 5.67. The van der Waals surface area contributed by atoms with Crippen LogP contribution < -0.4 is 5.32 Å². The Morgan fingerprint density at radius 1 is 1.04 bits per heavy atom. The minimum Gasteiger partial charge on any atom is -0.339 e. The highest BCUT2D eigenvalue weighted by Crippen LogP contribution is 2.46. The predicted octanol–water partition coefficient (Wildman–Crippen LogP) is 4.27. The van der Waals surface area contributed by atoms with Crippen molar-refractivity contribution in [2.45, 2.75) is 49.9 Å². The van der Waals surface area contributed by atoms with E-state index in [0.717, 1.165) is 44.6 Å². The van der Waals surface area contributed by atoms with E-state index >= 15 is 0 Å². The molecular weight excluding hydrogens is 344 g/mol. The van der Waals surface area contributed by atoms with Crippen LogP contribution in [0.3, 0.4) is 0 Å². The number of rotatable bonds is 2. The van der Waals surface area contributed by atoms with Crippen molar-refractivity contribution < 1.29 is 4.79 Å². The smallest absolute Gasteiger partial charge is 0.253 e. The van der Waals surface area contributed by atoms with E-state index in [1.54, 1.807) is 5.56 Å². The summed E-state index contributed by atoms with van der Waals surface area (Å²) >= 11 is 0. The Labute approximate surface area is 168 Å². The lowest BCUT2D eigenvalue weighted by Crippen LogP contribution is -2.44. The zero-order valence-corrected chi connectivity index (χ0v) is 16.6. The van der Waals surface area contributed by atoms with E-state index < -0.39 is 0 Å². The van der Waals surface area contributed by atoms with Gasteiger partial charge in [-0.25, -0.2) is 0 Å². The molecule has 1 N–H and O–H groups in total. The van der Waals surface area contributed by atoms with E-state index in [-0.39, 0.29) is 5.91 Å². The van der Waals surface area contributed by atoms with E-state index in [1.807, 2.05) is 6.07 Å². The average Bonchev–Trinajstić information content (AvgIpc) is 3.13. The number of piperidine rings is 2. The van der Waals surface area contributed by atoms with E-state index in [9.17, 15) is 4.79 Å². The Balaban J connectivity index is 1.29. The Kier molecular flexibility index (Phi) is 4.72. The average molecular weight is 375 g/mol. The molecule has 3 nitrogen and oxygen atoms in total. The van der Waals surface area contributed by atoms with Gasteiger partial charge in [-0.15, -0.1) is 0 Å². The van der Waals surface area contributed by atoms with Crippen LogP contribution in [0.1, 0.15) is 65.1 Å². The maximum Gasteiger partial charge on any atom is 0.253 e. The lowest BCUT2D eigenvalue weighted by molar-refractivity contribution is 0.0666. The first-order valence-electron chi connectivity index (χ1n) is 10.9. The monoisotopic (exact) mass is 374 g/mol. The zero-order chi connectivity index (χ0) is 19.0. The summed E-state index contributed by atoms with van der Waals surface area (Å²) in [6.45, 7) is 3.90. The van der Waals surface area contributed by atoms with Crippen molar-refractivity contribution in [2.24, 2.45) is 0 Å². The molecule has 2 heterocycles. The van der Waals surface area contributed by atoms with Crippen LogP contribution in [-0.2, 0) is 11.8 Å². The number of carbonyl (C=O) groups is 1. The summed E-state index contributed by atoms with van der Waals surface area (Å²) in [5.41, 5.74) is 5.57. The summed E-state index contributed by atoms with van der Waals surface area (Å²) in [5.74, 6) is 0.757. The second-order valence-corrected chi connectivity index (χ2v) is 8.90. The summed E-state index contributed by atoms with van der Waals surface area (Å²) < 4.78 is 0. The van der Waals surface area contributed by atoms with Crippen molar-refractivity contribution >= 4 is 5.91 Å². The minimum atomic E-state index is 0.215. The first kappa shape index (κ1) is 17.9. The molecule has 1 aliphatic carbocycles. The number of fused-ring (bicyclic) bond motifs is 2. The lowest BCUT2D eigenvalue weighted by atomic mass is 9.74. The Morgan fingerprint density at radius 2 is 1.89 bits per heavy atom. The van der Waals surface area contributed by atoms with Gasteiger partial charge in [0.05, 0.1) is 0 Å². The lowest BCUT2D eigenvalue weighted by Gasteiger charge is -2.40. The maximum atomic E-state index is 13.2. The molecule has 3 heteroatoms. The number of carbonyl (C=O) groups excluding carboxylic acids is 1. The highest BCUT2D eigenvalue weighted by Gasteiger charge is 2.41. The van der Waals surface area contributed by atoms with Crippen LogP contribution in [0.4, 0.5) is 0 Å². The van der Waals surface area contributed by atoms with Crippen LogP contribution in [0.15, 0.2) is 48.5 Å². The molecule has 2 aromatic rings. The van der Waals surface area contributed by atoms with Gasteiger partial charge in [0.15, 0.2) is 0 Å². The quantitative estimate of drug-likeness (QED) is 0.851. The van der Waals surface area contributed by atoms with Crippen molar-refractivity contribution in [1.29, 1.82) is 0 Å². The summed E-state index contributed by atoms with van der Waals surface area (Å²) in [4.78, 5) is 15.3. The van der Waals surface area contributed by atoms with Crippen molar-refractivity contribution in [3.63, 3.8) is 0 Å². The molecule has 0 unspecified atom stereocenters. The molecule has 1 atom stereocenters. The Morgan fingerprint density at radius 3 is 2.71 bits per heavy atom. The van der Waals surface area contributed by atoms with Crippen molar-refractivity contribution in [2.75, 3.05) is 26.2 Å². The van der Waals surface area contributed by atoms with Crippen molar-refractivity contribution in [3.8, 4) is 0 Å². The van der Waals surface area contributed by atoms with Gasteiger partial charge in [0.2, 0.25) is 0 Å². The zero-order valence-electron chi connectivity index (χ0n) is 16.6. The Hall–Kier alpha value is -2.13. The molecule has 2 aromatic carbocycles. The molecule has 2 fully saturated rings. The van der Waals surface area contributed by atoms with Crippen molar-refractivity contribution in [1.82, 2.24) is 10.2 Å². The normalized spacial score (nSPS) is 23.6. The Bertz CT molecular complexity index is 860. The molecule has 2 saturated heterocycles. The number of amides is 1. The maximum absolute atomic E-state index is 13.2. The number of hydrogen-bond donors (Lipinski definition) is 1. The first-order valence-corrected chi connectivity index (χ1v) is 10.9. The topological polar surface area (TPSA) is 32.3 Å².